The molecule has 5 aromatic rings. The molecule has 0 unspecified atom stereocenters. The molecule has 176 valence electrons. The first kappa shape index (κ1) is 22.3. The Balaban J connectivity index is 1.21. The molecule has 8 nitrogen and oxygen atoms in total. The van der Waals surface area contributed by atoms with Crippen LogP contribution in [0.25, 0.3) is 33.7 Å². The summed E-state index contributed by atoms with van der Waals surface area (Å²) in [5, 5.41) is 6.26. The lowest BCUT2D eigenvalue weighted by molar-refractivity contribution is -0.116. The standard InChI is InChI=1S/C27H26N6O2/c28-18-10-3-4-11-19(18)30-24(34)16-2-1-9-17-29-26-25(31-20-12-5-6-13-21(20)32-26)27-33-22-14-7-8-15-23(22)35-27/h3-8,10-15H,1-2,9,16-17,28H2,(H,29,32)(H,30,34). The third kappa shape index (κ3) is 5.22. The molecule has 35 heavy (non-hydrogen) atoms. The van der Waals surface area contributed by atoms with Crippen molar-refractivity contribution < 1.29 is 9.21 Å². The van der Waals surface area contributed by atoms with E-state index in [9.17, 15) is 4.79 Å². The van der Waals surface area contributed by atoms with Gasteiger partial charge in [-0.05, 0) is 49.2 Å². The highest BCUT2D eigenvalue weighted by atomic mass is 16.3. The van der Waals surface area contributed by atoms with E-state index in [2.05, 4.69) is 15.6 Å². The average molecular weight is 467 g/mol. The number of benzene rings is 3. The Kier molecular flexibility index (Phi) is 6.52. The number of nitrogens with zero attached hydrogens (tertiary/aromatic N) is 3. The number of amides is 1. The van der Waals surface area contributed by atoms with Gasteiger partial charge in [0, 0.05) is 13.0 Å². The summed E-state index contributed by atoms with van der Waals surface area (Å²) < 4.78 is 5.97. The number of oxazole rings is 1. The lowest BCUT2D eigenvalue weighted by Gasteiger charge is -2.10. The van der Waals surface area contributed by atoms with Crippen LogP contribution in [-0.2, 0) is 4.79 Å². The molecule has 0 atom stereocenters. The third-order valence-electron chi connectivity index (χ3n) is 5.67. The minimum absolute atomic E-state index is 0.0329. The van der Waals surface area contributed by atoms with Crippen molar-refractivity contribution in [3.8, 4) is 11.6 Å². The lowest BCUT2D eigenvalue weighted by atomic mass is 10.1. The first-order valence-corrected chi connectivity index (χ1v) is 11.7. The SMILES string of the molecule is Nc1ccccc1NC(=O)CCCCCNc1nc2ccccc2nc1-c1nc2ccccc2o1. The number of carbonyl (C=O) groups excluding carboxylic acids is 1. The number of hydrogen-bond acceptors (Lipinski definition) is 7. The zero-order valence-corrected chi connectivity index (χ0v) is 19.2. The maximum atomic E-state index is 12.2. The van der Waals surface area contributed by atoms with Crippen LogP contribution in [0.5, 0.6) is 0 Å². The van der Waals surface area contributed by atoms with E-state index in [-0.39, 0.29) is 5.91 Å². The van der Waals surface area contributed by atoms with E-state index in [1.807, 2.05) is 60.7 Å². The van der Waals surface area contributed by atoms with Crippen molar-refractivity contribution in [3.63, 3.8) is 0 Å². The zero-order valence-electron chi connectivity index (χ0n) is 19.2. The lowest BCUT2D eigenvalue weighted by Crippen LogP contribution is -2.12. The number of para-hydroxylation sites is 6. The molecule has 0 fully saturated rings. The molecule has 0 aliphatic heterocycles. The number of unbranched alkanes of at least 4 members (excludes halogenated alkanes) is 2. The van der Waals surface area contributed by atoms with E-state index < -0.39 is 0 Å². The van der Waals surface area contributed by atoms with E-state index >= 15 is 0 Å². The molecule has 0 spiro atoms. The van der Waals surface area contributed by atoms with Gasteiger partial charge in [0.25, 0.3) is 0 Å². The highest BCUT2D eigenvalue weighted by Crippen LogP contribution is 2.29. The summed E-state index contributed by atoms with van der Waals surface area (Å²) in [4.78, 5) is 26.4. The molecular formula is C27H26N6O2. The summed E-state index contributed by atoms with van der Waals surface area (Å²) in [6, 6.07) is 22.6. The molecule has 5 rings (SSSR count). The van der Waals surface area contributed by atoms with Crippen molar-refractivity contribution in [1.82, 2.24) is 15.0 Å². The van der Waals surface area contributed by atoms with Crippen LogP contribution < -0.4 is 16.4 Å². The number of nitrogens with one attached hydrogen (secondary N) is 2. The largest absolute Gasteiger partial charge is 0.435 e. The van der Waals surface area contributed by atoms with Crippen LogP contribution >= 0.6 is 0 Å². The van der Waals surface area contributed by atoms with Crippen LogP contribution in [-0.4, -0.2) is 27.4 Å². The summed E-state index contributed by atoms with van der Waals surface area (Å²) in [5.41, 5.74) is 10.7. The number of hydrogen-bond donors (Lipinski definition) is 3. The monoisotopic (exact) mass is 466 g/mol. The molecule has 2 heterocycles. The average Bonchev–Trinajstić information content (AvgIpc) is 3.31. The van der Waals surface area contributed by atoms with Crippen LogP contribution in [0.15, 0.2) is 77.2 Å². The number of nitrogens with two attached hydrogens (primary N) is 1. The van der Waals surface area contributed by atoms with E-state index in [1.54, 1.807) is 12.1 Å². The van der Waals surface area contributed by atoms with Gasteiger partial charge in [-0.1, -0.05) is 42.8 Å². The number of rotatable bonds is 9. The second-order valence-corrected chi connectivity index (χ2v) is 8.27. The summed E-state index contributed by atoms with van der Waals surface area (Å²) in [5.74, 6) is 1.03. The summed E-state index contributed by atoms with van der Waals surface area (Å²) in [7, 11) is 0. The van der Waals surface area contributed by atoms with E-state index in [1.165, 1.54) is 0 Å². The van der Waals surface area contributed by atoms with Gasteiger partial charge < -0.3 is 20.8 Å². The van der Waals surface area contributed by atoms with Crippen LogP contribution in [0.3, 0.4) is 0 Å². The first-order chi connectivity index (χ1) is 17.2. The molecule has 0 radical (unpaired) electrons. The Bertz CT molecular complexity index is 1450. The highest BCUT2D eigenvalue weighted by Gasteiger charge is 2.17. The summed E-state index contributed by atoms with van der Waals surface area (Å²) in [6.45, 7) is 0.688. The van der Waals surface area contributed by atoms with Gasteiger partial charge in [0.15, 0.2) is 17.1 Å². The zero-order chi connectivity index (χ0) is 24.0. The highest BCUT2D eigenvalue weighted by molar-refractivity contribution is 5.93. The predicted octanol–water partition coefficient (Wildman–Crippen LogP) is 5.63. The first-order valence-electron chi connectivity index (χ1n) is 11.7. The second-order valence-electron chi connectivity index (χ2n) is 8.27. The fourth-order valence-corrected chi connectivity index (χ4v) is 3.86. The maximum Gasteiger partial charge on any atom is 0.250 e. The van der Waals surface area contributed by atoms with Crippen molar-refractivity contribution in [2.75, 3.05) is 22.9 Å². The Hall–Kier alpha value is -4.46. The van der Waals surface area contributed by atoms with Gasteiger partial charge >= 0.3 is 0 Å². The minimum atomic E-state index is -0.0329. The molecule has 8 heteroatoms. The van der Waals surface area contributed by atoms with Crippen molar-refractivity contribution >= 4 is 45.2 Å². The van der Waals surface area contributed by atoms with Gasteiger partial charge in [0.05, 0.1) is 22.4 Å². The van der Waals surface area contributed by atoms with Gasteiger partial charge in [-0.3, -0.25) is 4.79 Å². The predicted molar refractivity (Wildman–Crippen MR) is 139 cm³/mol. The van der Waals surface area contributed by atoms with Crippen LogP contribution in [0, 0.1) is 0 Å². The fraction of sp³-hybridized carbons (Fsp3) is 0.185. The van der Waals surface area contributed by atoms with Crippen LogP contribution in [0.1, 0.15) is 25.7 Å². The number of fused-ring (bicyclic) bond motifs is 2. The van der Waals surface area contributed by atoms with Gasteiger partial charge in [-0.25, -0.2) is 15.0 Å². The van der Waals surface area contributed by atoms with Crippen molar-refractivity contribution in [2.24, 2.45) is 0 Å². The quantitative estimate of drug-likeness (QED) is 0.190. The molecule has 0 saturated heterocycles. The smallest absolute Gasteiger partial charge is 0.250 e. The Morgan fingerprint density at radius 2 is 1.51 bits per heavy atom. The molecule has 4 N–H and O–H groups in total. The van der Waals surface area contributed by atoms with Gasteiger partial charge in [0.1, 0.15) is 5.52 Å². The van der Waals surface area contributed by atoms with Crippen molar-refractivity contribution in [3.05, 3.63) is 72.8 Å². The van der Waals surface area contributed by atoms with Crippen molar-refractivity contribution in [2.45, 2.75) is 25.7 Å². The number of nitrogen functional groups attached to an aromatic ring is 1. The molecule has 0 aliphatic rings. The summed E-state index contributed by atoms with van der Waals surface area (Å²) >= 11 is 0. The molecule has 3 aromatic carbocycles. The third-order valence-corrected chi connectivity index (χ3v) is 5.67. The van der Waals surface area contributed by atoms with Gasteiger partial charge in [0.2, 0.25) is 11.8 Å². The Morgan fingerprint density at radius 3 is 2.31 bits per heavy atom. The Morgan fingerprint density at radius 1 is 0.800 bits per heavy atom. The van der Waals surface area contributed by atoms with E-state index in [0.717, 1.165) is 35.8 Å². The fourth-order valence-electron chi connectivity index (χ4n) is 3.86. The van der Waals surface area contributed by atoms with Gasteiger partial charge in [-0.15, -0.1) is 0 Å². The van der Waals surface area contributed by atoms with Crippen molar-refractivity contribution in [1.29, 1.82) is 0 Å². The van der Waals surface area contributed by atoms with Gasteiger partial charge in [-0.2, -0.15) is 0 Å². The van der Waals surface area contributed by atoms with Crippen LogP contribution in [0.4, 0.5) is 17.2 Å². The molecule has 0 aliphatic carbocycles. The van der Waals surface area contributed by atoms with Crippen LogP contribution in [0.2, 0.25) is 0 Å². The summed E-state index contributed by atoms with van der Waals surface area (Å²) in [6.07, 6.45) is 2.99. The molecule has 2 aromatic heterocycles. The minimum Gasteiger partial charge on any atom is -0.435 e. The number of aromatic nitrogens is 3. The molecule has 0 bridgehead atoms. The maximum absolute atomic E-state index is 12.2. The molecule has 0 saturated carbocycles. The number of anilines is 3. The second kappa shape index (κ2) is 10.2. The Labute approximate surface area is 202 Å². The molecular weight excluding hydrogens is 440 g/mol. The van der Waals surface area contributed by atoms with E-state index in [0.29, 0.717) is 47.3 Å². The topological polar surface area (TPSA) is 119 Å². The number of carbonyl (C=O) groups is 1. The van der Waals surface area contributed by atoms with E-state index in [4.69, 9.17) is 20.1 Å². The molecule has 1 amide bonds. The normalized spacial score (nSPS) is 11.1.